The lowest BCUT2D eigenvalue weighted by molar-refractivity contribution is 0.122. The summed E-state index contributed by atoms with van der Waals surface area (Å²) in [6, 6.07) is 10.0. The van der Waals surface area contributed by atoms with E-state index in [1.54, 1.807) is 0 Å². The molecule has 2 N–H and O–H groups in total. The van der Waals surface area contributed by atoms with Gasteiger partial charge in [-0.1, -0.05) is 0 Å². The molecule has 1 saturated heterocycles. The van der Waals surface area contributed by atoms with Gasteiger partial charge in [0.15, 0.2) is 16.8 Å². The maximum absolute atomic E-state index is 12.5. The summed E-state index contributed by atoms with van der Waals surface area (Å²) in [5, 5.41) is 19.9. The fourth-order valence-corrected chi connectivity index (χ4v) is 3.28. The van der Waals surface area contributed by atoms with Gasteiger partial charge in [0, 0.05) is 36.5 Å². The minimum Gasteiger partial charge on any atom is -0.507 e. The quantitative estimate of drug-likeness (QED) is 0.733. The van der Waals surface area contributed by atoms with Gasteiger partial charge in [-0.25, -0.2) is 0 Å². The lowest BCUT2D eigenvalue weighted by atomic mass is 10.1. The van der Waals surface area contributed by atoms with Crippen LogP contribution in [0.4, 0.5) is 5.69 Å². The predicted molar refractivity (Wildman–Crippen MR) is 101 cm³/mol. The molecule has 0 saturated carbocycles. The summed E-state index contributed by atoms with van der Waals surface area (Å²) in [4.78, 5) is 14.7. The summed E-state index contributed by atoms with van der Waals surface area (Å²) in [6.07, 6.45) is 0. The van der Waals surface area contributed by atoms with Crippen LogP contribution in [0, 0.1) is 0 Å². The zero-order valence-electron chi connectivity index (χ0n) is 14.8. The molecule has 1 aromatic heterocycles. The van der Waals surface area contributed by atoms with Gasteiger partial charge in [0.1, 0.15) is 16.9 Å². The van der Waals surface area contributed by atoms with Gasteiger partial charge in [0.05, 0.1) is 20.3 Å². The summed E-state index contributed by atoms with van der Waals surface area (Å²) in [7, 11) is 1.36. The number of morpholine rings is 1. The Bertz CT molecular complexity index is 1040. The maximum Gasteiger partial charge on any atom is 0.204 e. The molecule has 2 heterocycles. The molecule has 7 nitrogen and oxygen atoms in total. The van der Waals surface area contributed by atoms with Crippen LogP contribution in [-0.4, -0.2) is 43.6 Å². The smallest absolute Gasteiger partial charge is 0.204 e. The van der Waals surface area contributed by atoms with Gasteiger partial charge in [-0.2, -0.15) is 0 Å². The Morgan fingerprint density at radius 1 is 1.04 bits per heavy atom. The van der Waals surface area contributed by atoms with E-state index in [4.69, 9.17) is 13.9 Å². The molecule has 0 amide bonds. The number of phenolic OH excluding ortho intramolecular Hbond substituents is 2. The van der Waals surface area contributed by atoms with Crippen molar-refractivity contribution in [3.8, 4) is 28.6 Å². The van der Waals surface area contributed by atoms with E-state index >= 15 is 0 Å². The normalized spacial score (nSPS) is 14.5. The van der Waals surface area contributed by atoms with Crippen LogP contribution < -0.4 is 15.1 Å². The van der Waals surface area contributed by atoms with Crippen molar-refractivity contribution in [2.24, 2.45) is 0 Å². The Labute approximate surface area is 155 Å². The third-order valence-corrected chi connectivity index (χ3v) is 4.65. The molecule has 2 aromatic carbocycles. The van der Waals surface area contributed by atoms with Crippen LogP contribution in [0.5, 0.6) is 17.2 Å². The highest BCUT2D eigenvalue weighted by molar-refractivity contribution is 5.91. The number of methoxy groups -OCH3 is 1. The molecule has 0 unspecified atom stereocenters. The second-order valence-corrected chi connectivity index (χ2v) is 6.27. The third kappa shape index (κ3) is 3.06. The van der Waals surface area contributed by atoms with Crippen molar-refractivity contribution in [2.75, 3.05) is 38.3 Å². The number of aromatic hydroxyl groups is 2. The van der Waals surface area contributed by atoms with Crippen molar-refractivity contribution >= 4 is 16.7 Å². The molecule has 0 spiro atoms. The Kier molecular flexibility index (Phi) is 4.37. The first-order chi connectivity index (χ1) is 13.1. The minimum atomic E-state index is -0.417. The SMILES string of the molecule is COc1c(O)cc(O)c2c(=O)cc(-c3ccc(N4CCOCC4)cc3)oc12. The molecule has 0 radical (unpaired) electrons. The van der Waals surface area contributed by atoms with Crippen LogP contribution in [0.2, 0.25) is 0 Å². The number of anilines is 1. The zero-order valence-corrected chi connectivity index (χ0v) is 14.8. The number of fused-ring (bicyclic) bond motifs is 1. The number of hydrogen-bond donors (Lipinski definition) is 2. The predicted octanol–water partition coefficient (Wildman–Crippen LogP) is 2.72. The van der Waals surface area contributed by atoms with E-state index in [1.807, 2.05) is 24.3 Å². The fourth-order valence-electron chi connectivity index (χ4n) is 3.28. The van der Waals surface area contributed by atoms with Crippen LogP contribution in [0.15, 0.2) is 45.6 Å². The topological polar surface area (TPSA) is 92.4 Å². The highest BCUT2D eigenvalue weighted by Gasteiger charge is 2.19. The van der Waals surface area contributed by atoms with E-state index in [9.17, 15) is 15.0 Å². The number of benzene rings is 2. The molecule has 140 valence electrons. The maximum atomic E-state index is 12.5. The van der Waals surface area contributed by atoms with E-state index in [0.717, 1.165) is 24.8 Å². The largest absolute Gasteiger partial charge is 0.507 e. The molecular formula is C20H19NO6. The standard InChI is InChI=1S/C20H19NO6/c1-25-19-16(24)10-14(22)18-15(23)11-17(27-20(18)19)12-2-4-13(5-3-12)21-6-8-26-9-7-21/h2-5,10-11,22,24H,6-9H2,1H3. The second-order valence-electron chi connectivity index (χ2n) is 6.27. The first-order valence-electron chi connectivity index (χ1n) is 8.58. The van der Waals surface area contributed by atoms with Crippen molar-refractivity contribution in [3.63, 3.8) is 0 Å². The first-order valence-corrected chi connectivity index (χ1v) is 8.58. The number of hydrogen-bond acceptors (Lipinski definition) is 7. The number of ether oxygens (including phenoxy) is 2. The number of phenols is 2. The average Bonchev–Trinajstić information content (AvgIpc) is 2.68. The summed E-state index contributed by atoms with van der Waals surface area (Å²) >= 11 is 0. The highest BCUT2D eigenvalue weighted by Crippen LogP contribution is 2.40. The summed E-state index contributed by atoms with van der Waals surface area (Å²) in [6.45, 7) is 3.07. The van der Waals surface area contributed by atoms with Gasteiger partial charge in [-0.3, -0.25) is 4.79 Å². The van der Waals surface area contributed by atoms with Gasteiger partial charge in [0.2, 0.25) is 5.75 Å². The number of nitrogens with zero attached hydrogens (tertiary/aromatic N) is 1. The van der Waals surface area contributed by atoms with Crippen molar-refractivity contribution in [1.82, 2.24) is 0 Å². The van der Waals surface area contributed by atoms with Gasteiger partial charge in [0.25, 0.3) is 0 Å². The molecule has 0 atom stereocenters. The first kappa shape index (κ1) is 17.2. The molecule has 1 aliphatic heterocycles. The molecule has 7 heteroatoms. The van der Waals surface area contributed by atoms with Crippen molar-refractivity contribution in [3.05, 3.63) is 46.6 Å². The van der Waals surface area contributed by atoms with Gasteiger partial charge in [-0.15, -0.1) is 0 Å². The van der Waals surface area contributed by atoms with E-state index in [1.165, 1.54) is 13.2 Å². The van der Waals surface area contributed by atoms with Crippen LogP contribution in [0.25, 0.3) is 22.3 Å². The Morgan fingerprint density at radius 2 is 1.74 bits per heavy atom. The molecular weight excluding hydrogens is 350 g/mol. The molecule has 3 aromatic rings. The minimum absolute atomic E-state index is 0.00619. The molecule has 27 heavy (non-hydrogen) atoms. The van der Waals surface area contributed by atoms with E-state index in [-0.39, 0.29) is 28.2 Å². The van der Waals surface area contributed by atoms with E-state index in [0.29, 0.717) is 24.5 Å². The lowest BCUT2D eigenvalue weighted by Gasteiger charge is -2.28. The Hall–Kier alpha value is -3.19. The van der Waals surface area contributed by atoms with Crippen molar-refractivity contribution in [1.29, 1.82) is 0 Å². The molecule has 0 aliphatic carbocycles. The third-order valence-electron chi connectivity index (χ3n) is 4.65. The summed E-state index contributed by atoms with van der Waals surface area (Å²) < 4.78 is 16.3. The molecule has 1 aliphatic rings. The Morgan fingerprint density at radius 3 is 2.41 bits per heavy atom. The molecule has 4 rings (SSSR count). The van der Waals surface area contributed by atoms with Crippen molar-refractivity contribution < 1.29 is 24.1 Å². The molecule has 0 bridgehead atoms. The fraction of sp³-hybridized carbons (Fsp3) is 0.250. The summed E-state index contributed by atoms with van der Waals surface area (Å²) in [5.41, 5.74) is 1.36. The van der Waals surface area contributed by atoms with Crippen molar-refractivity contribution in [2.45, 2.75) is 0 Å². The zero-order chi connectivity index (χ0) is 19.0. The van der Waals surface area contributed by atoms with Gasteiger partial charge in [-0.05, 0) is 24.3 Å². The average molecular weight is 369 g/mol. The second kappa shape index (κ2) is 6.85. The monoisotopic (exact) mass is 369 g/mol. The van der Waals surface area contributed by atoms with Gasteiger partial charge >= 0.3 is 0 Å². The highest BCUT2D eigenvalue weighted by atomic mass is 16.5. The molecule has 1 fully saturated rings. The van der Waals surface area contributed by atoms with E-state index < -0.39 is 5.43 Å². The Balaban J connectivity index is 1.78. The van der Waals surface area contributed by atoms with Crippen LogP contribution >= 0.6 is 0 Å². The van der Waals surface area contributed by atoms with Crippen LogP contribution in [-0.2, 0) is 4.74 Å². The summed E-state index contributed by atoms with van der Waals surface area (Å²) in [5.74, 6) is -0.326. The van der Waals surface area contributed by atoms with E-state index in [2.05, 4.69) is 4.90 Å². The lowest BCUT2D eigenvalue weighted by Crippen LogP contribution is -2.36. The van der Waals surface area contributed by atoms with Gasteiger partial charge < -0.3 is 29.0 Å². The number of rotatable bonds is 3. The van der Waals surface area contributed by atoms with Crippen LogP contribution in [0.3, 0.4) is 0 Å². The van der Waals surface area contributed by atoms with Crippen LogP contribution in [0.1, 0.15) is 0 Å².